The van der Waals surface area contributed by atoms with E-state index < -0.39 is 0 Å². The van der Waals surface area contributed by atoms with E-state index in [0.717, 1.165) is 48.3 Å². The van der Waals surface area contributed by atoms with Gasteiger partial charge in [0.25, 0.3) is 0 Å². The second kappa shape index (κ2) is 6.93. The first-order valence-corrected chi connectivity index (χ1v) is 11.9. The minimum atomic E-state index is 0.380. The maximum absolute atomic E-state index is 11.4. The van der Waals surface area contributed by atoms with Gasteiger partial charge in [-0.3, -0.25) is 0 Å². The van der Waals surface area contributed by atoms with Crippen LogP contribution < -0.4 is 0 Å². The minimum absolute atomic E-state index is 0.380. The van der Waals surface area contributed by atoms with Gasteiger partial charge >= 0.3 is 0 Å². The van der Waals surface area contributed by atoms with Gasteiger partial charge in [0.1, 0.15) is 5.78 Å². The quantitative estimate of drug-likeness (QED) is 0.526. The third-order valence-corrected chi connectivity index (χ3v) is 10.2. The van der Waals surface area contributed by atoms with Crippen LogP contribution in [0.3, 0.4) is 0 Å². The lowest BCUT2D eigenvalue weighted by atomic mass is 9.43. The smallest absolute Gasteiger partial charge is 0.129 e. The van der Waals surface area contributed by atoms with E-state index in [9.17, 15) is 4.79 Å². The van der Waals surface area contributed by atoms with Crippen molar-refractivity contribution >= 4 is 5.78 Å². The highest BCUT2D eigenvalue weighted by molar-refractivity contribution is 5.75. The van der Waals surface area contributed by atoms with Crippen LogP contribution in [0.4, 0.5) is 0 Å². The predicted octanol–water partition coefficient (Wildman–Crippen LogP) is 7.04. The van der Waals surface area contributed by atoms with Gasteiger partial charge in [-0.1, -0.05) is 33.6 Å². The highest BCUT2D eigenvalue weighted by Crippen LogP contribution is 2.69. The lowest BCUT2D eigenvalue weighted by molar-refractivity contribution is -0.135. The van der Waals surface area contributed by atoms with E-state index in [4.69, 9.17) is 0 Å². The van der Waals surface area contributed by atoms with Crippen molar-refractivity contribution in [1.82, 2.24) is 0 Å². The fourth-order valence-electron chi connectivity index (χ4n) is 8.85. The Kier molecular flexibility index (Phi) is 5.06. The third-order valence-electron chi connectivity index (χ3n) is 10.2. The monoisotopic (exact) mass is 358 g/mol. The Morgan fingerprint density at radius 1 is 0.962 bits per heavy atom. The van der Waals surface area contributed by atoms with Crippen LogP contribution >= 0.6 is 0 Å². The van der Waals surface area contributed by atoms with Crippen LogP contribution in [-0.4, -0.2) is 5.78 Å². The van der Waals surface area contributed by atoms with Crippen LogP contribution in [0.15, 0.2) is 0 Å². The normalized spacial score (nSPS) is 50.6. The number of rotatable bonds is 4. The lowest BCUT2D eigenvalue weighted by Gasteiger charge is -2.62. The second-order valence-corrected chi connectivity index (χ2v) is 11.4. The highest BCUT2D eigenvalue weighted by atomic mass is 16.1. The maximum atomic E-state index is 11.4. The van der Waals surface area contributed by atoms with E-state index in [0.29, 0.717) is 16.6 Å². The van der Waals surface area contributed by atoms with E-state index >= 15 is 0 Å². The zero-order valence-electron chi connectivity index (χ0n) is 17.9. The van der Waals surface area contributed by atoms with Crippen LogP contribution in [-0.2, 0) is 4.79 Å². The van der Waals surface area contributed by atoms with E-state index in [1.165, 1.54) is 64.2 Å². The predicted molar refractivity (Wildman–Crippen MR) is 109 cm³/mol. The molecule has 0 N–H and O–H groups in total. The molecule has 0 bridgehead atoms. The molecular weight excluding hydrogens is 316 g/mol. The van der Waals surface area contributed by atoms with Crippen molar-refractivity contribution in [3.63, 3.8) is 0 Å². The summed E-state index contributed by atoms with van der Waals surface area (Å²) in [4.78, 5) is 11.4. The second-order valence-electron chi connectivity index (χ2n) is 11.4. The Labute approximate surface area is 162 Å². The highest BCUT2D eigenvalue weighted by Gasteiger charge is 2.60. The third kappa shape index (κ3) is 2.91. The summed E-state index contributed by atoms with van der Waals surface area (Å²) < 4.78 is 0. The molecule has 0 saturated heterocycles. The summed E-state index contributed by atoms with van der Waals surface area (Å²) in [5.41, 5.74) is 1.23. The van der Waals surface area contributed by atoms with Gasteiger partial charge in [-0.05, 0) is 111 Å². The first-order valence-electron chi connectivity index (χ1n) is 11.9. The number of hydrogen-bond donors (Lipinski definition) is 0. The molecule has 4 saturated carbocycles. The van der Waals surface area contributed by atoms with Gasteiger partial charge in [0.05, 0.1) is 0 Å². The van der Waals surface area contributed by atoms with Gasteiger partial charge in [0.2, 0.25) is 0 Å². The van der Waals surface area contributed by atoms with Crippen molar-refractivity contribution in [3.8, 4) is 0 Å². The SMILES string of the molecule is CC(=O)CCCC1CCC2C3C(C)CC4CCCCC4(C)C3CCC12C. The number of carbonyl (C=O) groups is 1. The van der Waals surface area contributed by atoms with Crippen LogP contribution in [0.25, 0.3) is 0 Å². The van der Waals surface area contributed by atoms with E-state index in [-0.39, 0.29) is 0 Å². The van der Waals surface area contributed by atoms with Gasteiger partial charge in [-0.25, -0.2) is 0 Å². The molecule has 4 fully saturated rings. The summed E-state index contributed by atoms with van der Waals surface area (Å²) in [6.45, 7) is 9.72. The number of carbonyl (C=O) groups excluding carboxylic acids is 1. The largest absolute Gasteiger partial charge is 0.300 e. The molecule has 26 heavy (non-hydrogen) atoms. The summed E-state index contributed by atoms with van der Waals surface area (Å²) in [5, 5.41) is 0. The Balaban J connectivity index is 1.53. The molecule has 0 heterocycles. The van der Waals surface area contributed by atoms with Gasteiger partial charge in [0.15, 0.2) is 0 Å². The van der Waals surface area contributed by atoms with Crippen LogP contribution in [0.5, 0.6) is 0 Å². The molecule has 8 atom stereocenters. The first kappa shape index (κ1) is 19.0. The fraction of sp³-hybridized carbons (Fsp3) is 0.960. The molecule has 8 unspecified atom stereocenters. The minimum Gasteiger partial charge on any atom is -0.300 e. The molecular formula is C25H42O. The average molecular weight is 359 g/mol. The van der Waals surface area contributed by atoms with Crippen molar-refractivity contribution in [2.75, 3.05) is 0 Å². The summed E-state index contributed by atoms with van der Waals surface area (Å²) in [7, 11) is 0. The Hall–Kier alpha value is -0.330. The Bertz CT molecular complexity index is 538. The van der Waals surface area contributed by atoms with E-state index in [2.05, 4.69) is 20.8 Å². The summed E-state index contributed by atoms with van der Waals surface area (Å²) in [6.07, 6.45) is 16.6. The lowest BCUT2D eigenvalue weighted by Crippen LogP contribution is -2.55. The van der Waals surface area contributed by atoms with Gasteiger partial charge in [0, 0.05) is 6.42 Å². The molecule has 4 aliphatic carbocycles. The van der Waals surface area contributed by atoms with E-state index in [1.807, 2.05) is 0 Å². The molecule has 0 aromatic carbocycles. The molecule has 0 radical (unpaired) electrons. The standard InChI is InChI=1S/C25H42O/c1-17-16-20-9-5-6-14-24(20,3)22-13-15-25(4)19(10-7-8-18(2)26)11-12-21(25)23(17)22/h17,19-23H,5-16H2,1-4H3. The molecule has 1 nitrogen and oxygen atoms in total. The Morgan fingerprint density at radius 2 is 1.73 bits per heavy atom. The summed E-state index contributed by atoms with van der Waals surface area (Å²) in [5.74, 6) is 6.19. The van der Waals surface area contributed by atoms with Crippen LogP contribution in [0, 0.1) is 46.3 Å². The molecule has 0 aromatic rings. The van der Waals surface area contributed by atoms with Crippen molar-refractivity contribution in [2.45, 2.75) is 105 Å². The van der Waals surface area contributed by atoms with E-state index in [1.54, 1.807) is 6.92 Å². The molecule has 0 spiro atoms. The van der Waals surface area contributed by atoms with Crippen molar-refractivity contribution in [1.29, 1.82) is 0 Å². The number of hydrogen-bond acceptors (Lipinski definition) is 1. The fourth-order valence-corrected chi connectivity index (χ4v) is 8.85. The Morgan fingerprint density at radius 3 is 2.50 bits per heavy atom. The van der Waals surface area contributed by atoms with Crippen molar-refractivity contribution in [2.24, 2.45) is 46.3 Å². The number of fused-ring (bicyclic) bond motifs is 5. The first-order chi connectivity index (χ1) is 12.4. The summed E-state index contributed by atoms with van der Waals surface area (Å²) in [6, 6.07) is 0. The summed E-state index contributed by atoms with van der Waals surface area (Å²) >= 11 is 0. The van der Waals surface area contributed by atoms with Crippen molar-refractivity contribution < 1.29 is 4.79 Å². The number of ketones is 1. The molecule has 0 aliphatic heterocycles. The molecule has 4 aliphatic rings. The topological polar surface area (TPSA) is 17.1 Å². The molecule has 0 aromatic heterocycles. The van der Waals surface area contributed by atoms with Crippen LogP contribution in [0.1, 0.15) is 105 Å². The molecule has 1 heteroatoms. The van der Waals surface area contributed by atoms with Gasteiger partial charge < -0.3 is 4.79 Å². The number of Topliss-reactive ketones (excluding diaryl/α,β-unsaturated/α-hetero) is 1. The molecule has 4 rings (SSSR count). The zero-order valence-corrected chi connectivity index (χ0v) is 17.9. The zero-order chi connectivity index (χ0) is 18.5. The van der Waals surface area contributed by atoms with Crippen LogP contribution in [0.2, 0.25) is 0 Å². The van der Waals surface area contributed by atoms with Gasteiger partial charge in [-0.15, -0.1) is 0 Å². The molecule has 148 valence electrons. The maximum Gasteiger partial charge on any atom is 0.129 e. The van der Waals surface area contributed by atoms with Gasteiger partial charge in [-0.2, -0.15) is 0 Å². The average Bonchev–Trinajstić information content (AvgIpc) is 2.92. The van der Waals surface area contributed by atoms with Crippen molar-refractivity contribution in [3.05, 3.63) is 0 Å². The molecule has 0 amide bonds.